The van der Waals surface area contributed by atoms with Crippen LogP contribution in [0.5, 0.6) is 0 Å². The molecule has 0 amide bonds. The Balaban J connectivity index is 1.95. The van der Waals surface area contributed by atoms with Crippen molar-refractivity contribution >= 4 is 27.3 Å². The predicted octanol–water partition coefficient (Wildman–Crippen LogP) is 2.39. The van der Waals surface area contributed by atoms with Crippen molar-refractivity contribution in [1.29, 1.82) is 0 Å². The van der Waals surface area contributed by atoms with E-state index in [4.69, 9.17) is 5.73 Å². The molecule has 0 saturated heterocycles. The van der Waals surface area contributed by atoms with Crippen molar-refractivity contribution < 1.29 is 4.39 Å². The van der Waals surface area contributed by atoms with Crippen molar-refractivity contribution in [1.82, 2.24) is 9.55 Å². The van der Waals surface area contributed by atoms with Gasteiger partial charge in [0.1, 0.15) is 11.6 Å². The normalized spacial score (nSPS) is 14.7. The zero-order chi connectivity index (χ0) is 12.7. The third kappa shape index (κ3) is 1.86. The number of nitrogens with zero attached hydrogens (tertiary/aromatic N) is 3. The van der Waals surface area contributed by atoms with E-state index in [1.807, 2.05) is 6.20 Å². The minimum absolute atomic E-state index is 0.338. The molecule has 3 rings (SSSR count). The van der Waals surface area contributed by atoms with Crippen molar-refractivity contribution in [2.45, 2.75) is 13.1 Å². The zero-order valence-electron chi connectivity index (χ0n) is 9.61. The molecule has 0 spiro atoms. The highest BCUT2D eigenvalue weighted by molar-refractivity contribution is 9.10. The van der Waals surface area contributed by atoms with Gasteiger partial charge >= 0.3 is 0 Å². The molecule has 0 atom stereocenters. The minimum Gasteiger partial charge on any atom is -0.397 e. The fourth-order valence-corrected chi connectivity index (χ4v) is 2.54. The number of halogens is 2. The van der Waals surface area contributed by atoms with Crippen LogP contribution in [-0.4, -0.2) is 16.1 Å². The monoisotopic (exact) mass is 310 g/mol. The fourth-order valence-electron chi connectivity index (χ4n) is 2.20. The number of rotatable bonds is 1. The molecule has 4 nitrogen and oxygen atoms in total. The molecule has 2 aromatic rings. The maximum absolute atomic E-state index is 13.4. The van der Waals surface area contributed by atoms with Crippen LogP contribution in [-0.2, 0) is 13.1 Å². The van der Waals surface area contributed by atoms with Crippen molar-refractivity contribution in [2.24, 2.45) is 0 Å². The molecule has 1 aromatic carbocycles. The van der Waals surface area contributed by atoms with Crippen LogP contribution >= 0.6 is 15.9 Å². The van der Waals surface area contributed by atoms with Crippen LogP contribution in [0.3, 0.4) is 0 Å². The first-order valence-corrected chi connectivity index (χ1v) is 6.44. The van der Waals surface area contributed by atoms with Crippen molar-refractivity contribution in [3.63, 3.8) is 0 Å². The number of hydrogen-bond acceptors (Lipinski definition) is 3. The second kappa shape index (κ2) is 4.28. The van der Waals surface area contributed by atoms with E-state index in [0.29, 0.717) is 16.7 Å². The first-order chi connectivity index (χ1) is 8.65. The lowest BCUT2D eigenvalue weighted by Gasteiger charge is -2.30. The molecule has 2 heterocycles. The van der Waals surface area contributed by atoms with E-state index >= 15 is 0 Å². The molecule has 0 aliphatic carbocycles. The van der Waals surface area contributed by atoms with E-state index < -0.39 is 0 Å². The summed E-state index contributed by atoms with van der Waals surface area (Å²) in [7, 11) is 0. The van der Waals surface area contributed by atoms with Gasteiger partial charge < -0.3 is 15.2 Å². The van der Waals surface area contributed by atoms with Crippen LogP contribution in [0.4, 0.5) is 15.8 Å². The number of aromatic nitrogens is 2. The van der Waals surface area contributed by atoms with Crippen LogP contribution in [0.15, 0.2) is 29.0 Å². The summed E-state index contributed by atoms with van der Waals surface area (Å²) in [4.78, 5) is 6.41. The zero-order valence-corrected chi connectivity index (χ0v) is 11.2. The molecular weight excluding hydrogens is 299 g/mol. The molecule has 1 aliphatic rings. The van der Waals surface area contributed by atoms with Gasteiger partial charge in [-0.25, -0.2) is 9.37 Å². The summed E-state index contributed by atoms with van der Waals surface area (Å²) < 4.78 is 15.9. The summed E-state index contributed by atoms with van der Waals surface area (Å²) in [5.74, 6) is 0.663. The summed E-state index contributed by atoms with van der Waals surface area (Å²) in [6, 6.07) is 3.07. The lowest BCUT2D eigenvalue weighted by molar-refractivity contribution is 0.559. The lowest BCUT2D eigenvalue weighted by atomic mass is 10.2. The van der Waals surface area contributed by atoms with E-state index in [1.165, 1.54) is 6.07 Å². The summed E-state index contributed by atoms with van der Waals surface area (Å²) in [5, 5.41) is 0. The summed E-state index contributed by atoms with van der Waals surface area (Å²) in [5.41, 5.74) is 7.19. The first kappa shape index (κ1) is 11.5. The quantitative estimate of drug-likeness (QED) is 0.823. The highest BCUT2D eigenvalue weighted by atomic mass is 79.9. The van der Waals surface area contributed by atoms with Gasteiger partial charge in [0, 0.05) is 31.5 Å². The highest BCUT2D eigenvalue weighted by Crippen LogP contribution is 2.31. The van der Waals surface area contributed by atoms with E-state index in [1.54, 1.807) is 12.3 Å². The Kier molecular flexibility index (Phi) is 2.74. The van der Waals surface area contributed by atoms with Crippen LogP contribution in [0.2, 0.25) is 0 Å². The van der Waals surface area contributed by atoms with Crippen molar-refractivity contribution in [3.05, 3.63) is 40.6 Å². The third-order valence-electron chi connectivity index (χ3n) is 3.16. The summed E-state index contributed by atoms with van der Waals surface area (Å²) in [6.45, 7) is 2.39. The van der Waals surface area contributed by atoms with Crippen molar-refractivity contribution in [3.8, 4) is 0 Å². The average Bonchev–Trinajstić information content (AvgIpc) is 2.80. The molecule has 18 heavy (non-hydrogen) atoms. The second-order valence-corrected chi connectivity index (χ2v) is 5.14. The summed E-state index contributed by atoms with van der Waals surface area (Å²) in [6.07, 6.45) is 3.76. The third-order valence-corrected chi connectivity index (χ3v) is 3.76. The SMILES string of the molecule is Nc1cc(F)c(Br)cc1N1CCn2ccnc2C1. The van der Waals surface area contributed by atoms with E-state index in [0.717, 1.165) is 24.6 Å². The van der Waals surface area contributed by atoms with Crippen LogP contribution in [0.1, 0.15) is 5.82 Å². The van der Waals surface area contributed by atoms with Gasteiger partial charge in [-0.1, -0.05) is 0 Å². The standard InChI is InChI=1S/C12H12BrFN4/c13-8-5-11(10(15)6-9(8)14)18-4-3-17-2-1-16-12(17)7-18/h1-2,5-6H,3-4,7,15H2. The number of fused-ring (bicyclic) bond motifs is 1. The fraction of sp³-hybridized carbons (Fsp3) is 0.250. The van der Waals surface area contributed by atoms with Crippen LogP contribution < -0.4 is 10.6 Å². The van der Waals surface area contributed by atoms with Gasteiger partial charge in [-0.15, -0.1) is 0 Å². The van der Waals surface area contributed by atoms with Gasteiger partial charge in [0.15, 0.2) is 0 Å². The van der Waals surface area contributed by atoms with E-state index in [9.17, 15) is 4.39 Å². The predicted molar refractivity (Wildman–Crippen MR) is 71.8 cm³/mol. The number of nitrogens with two attached hydrogens (primary N) is 1. The summed E-state index contributed by atoms with van der Waals surface area (Å²) >= 11 is 3.19. The number of benzene rings is 1. The van der Waals surface area contributed by atoms with Crippen LogP contribution in [0.25, 0.3) is 0 Å². The largest absolute Gasteiger partial charge is 0.397 e. The highest BCUT2D eigenvalue weighted by Gasteiger charge is 2.19. The Bertz CT molecular complexity index is 596. The Hall–Kier alpha value is -1.56. The topological polar surface area (TPSA) is 47.1 Å². The Morgan fingerprint density at radius 2 is 2.17 bits per heavy atom. The molecule has 1 aromatic heterocycles. The van der Waals surface area contributed by atoms with E-state index in [2.05, 4.69) is 30.4 Å². The Morgan fingerprint density at radius 1 is 1.33 bits per heavy atom. The average molecular weight is 311 g/mol. The molecule has 94 valence electrons. The van der Waals surface area contributed by atoms with E-state index in [-0.39, 0.29) is 5.82 Å². The van der Waals surface area contributed by atoms with Gasteiger partial charge in [-0.3, -0.25) is 0 Å². The minimum atomic E-state index is -0.338. The van der Waals surface area contributed by atoms with Crippen molar-refractivity contribution in [2.75, 3.05) is 17.2 Å². The number of anilines is 2. The molecule has 0 unspecified atom stereocenters. The first-order valence-electron chi connectivity index (χ1n) is 5.64. The number of hydrogen-bond donors (Lipinski definition) is 1. The second-order valence-electron chi connectivity index (χ2n) is 4.28. The molecule has 2 N–H and O–H groups in total. The molecule has 0 bridgehead atoms. The van der Waals surface area contributed by atoms with Gasteiger partial charge in [0.25, 0.3) is 0 Å². The molecule has 6 heteroatoms. The lowest BCUT2D eigenvalue weighted by Crippen LogP contribution is -2.34. The molecule has 0 saturated carbocycles. The van der Waals surface area contributed by atoms with Gasteiger partial charge in [0.2, 0.25) is 0 Å². The van der Waals surface area contributed by atoms with Gasteiger partial charge in [-0.05, 0) is 22.0 Å². The maximum atomic E-state index is 13.4. The van der Waals surface area contributed by atoms with Gasteiger partial charge in [-0.2, -0.15) is 0 Å². The molecular formula is C12H12BrFN4. The molecule has 0 radical (unpaired) electrons. The Labute approximate surface area is 112 Å². The molecule has 0 fully saturated rings. The Morgan fingerprint density at radius 3 is 3.00 bits per heavy atom. The maximum Gasteiger partial charge on any atom is 0.139 e. The van der Waals surface area contributed by atoms with Gasteiger partial charge in [0.05, 0.1) is 22.4 Å². The smallest absolute Gasteiger partial charge is 0.139 e. The molecule has 1 aliphatic heterocycles. The van der Waals surface area contributed by atoms with Crippen LogP contribution in [0, 0.1) is 5.82 Å². The number of imidazole rings is 1. The number of nitrogen functional groups attached to an aromatic ring is 1.